The Bertz CT molecular complexity index is 886. The summed E-state index contributed by atoms with van der Waals surface area (Å²) in [4.78, 5) is 14.5. The molecule has 24 heavy (non-hydrogen) atoms. The minimum Gasteiger partial charge on any atom is -0.366 e. The zero-order valence-corrected chi connectivity index (χ0v) is 13.1. The molecule has 2 aromatic heterocycles. The zero-order chi connectivity index (χ0) is 16.6. The molecule has 0 spiro atoms. The third-order valence-electron chi connectivity index (χ3n) is 4.55. The topological polar surface area (TPSA) is 85.4 Å². The van der Waals surface area contributed by atoms with Crippen molar-refractivity contribution in [3.63, 3.8) is 0 Å². The van der Waals surface area contributed by atoms with Crippen LogP contribution in [0, 0.1) is 15.5 Å². The van der Waals surface area contributed by atoms with Crippen LogP contribution in [0.1, 0.15) is 18.4 Å². The van der Waals surface area contributed by atoms with Gasteiger partial charge in [0.1, 0.15) is 6.20 Å². The molecule has 1 saturated carbocycles. The highest BCUT2D eigenvalue weighted by Gasteiger charge is 2.42. The Morgan fingerprint density at radius 1 is 1.21 bits per heavy atom. The molecule has 122 valence electrons. The van der Waals surface area contributed by atoms with Crippen LogP contribution in [-0.4, -0.2) is 26.1 Å². The number of imidazole rings is 1. The largest absolute Gasteiger partial charge is 0.368 e. The maximum atomic E-state index is 11.0. The molecule has 1 N–H and O–H groups in total. The van der Waals surface area contributed by atoms with Crippen molar-refractivity contribution in [1.29, 1.82) is 0 Å². The molecule has 0 saturated heterocycles. The van der Waals surface area contributed by atoms with E-state index in [1.165, 1.54) is 29.1 Å². The van der Waals surface area contributed by atoms with Crippen LogP contribution in [0.2, 0.25) is 0 Å². The molecular weight excluding hydrogens is 306 g/mol. The summed E-state index contributed by atoms with van der Waals surface area (Å²) < 4.78 is 1.26. The summed E-state index contributed by atoms with van der Waals surface area (Å²) in [5.41, 5.74) is 2.07. The first-order valence-corrected chi connectivity index (χ1v) is 7.92. The number of nitrogens with one attached hydrogen (secondary N) is 1. The third-order valence-corrected chi connectivity index (χ3v) is 4.55. The van der Waals surface area contributed by atoms with Crippen LogP contribution in [0.15, 0.2) is 48.7 Å². The van der Waals surface area contributed by atoms with Gasteiger partial charge in [0.25, 0.3) is 0 Å². The average Bonchev–Trinajstić information content (AvgIpc) is 3.21. The van der Waals surface area contributed by atoms with Crippen molar-refractivity contribution in [3.05, 3.63) is 64.3 Å². The molecule has 1 aliphatic rings. The van der Waals surface area contributed by atoms with Crippen LogP contribution >= 0.6 is 0 Å². The van der Waals surface area contributed by atoms with E-state index in [9.17, 15) is 10.1 Å². The standard InChI is InChI=1S/C17H17N5O2/c23-22(24)16-11-18-15-7-6-14(20-21(15)16)19-12-17(8-9-17)10-13-4-2-1-3-5-13/h1-7,11H,8-10,12H2,(H,19,20). The minimum atomic E-state index is -0.478. The SMILES string of the molecule is O=[N+]([O-])c1cnc2ccc(NCC3(Cc4ccccc4)CC3)nn12. The van der Waals surface area contributed by atoms with E-state index >= 15 is 0 Å². The van der Waals surface area contributed by atoms with Crippen LogP contribution < -0.4 is 5.32 Å². The van der Waals surface area contributed by atoms with E-state index in [2.05, 4.69) is 39.7 Å². The van der Waals surface area contributed by atoms with E-state index in [1.807, 2.05) is 12.1 Å². The Hall–Kier alpha value is -2.96. The van der Waals surface area contributed by atoms with E-state index in [0.717, 1.165) is 13.0 Å². The van der Waals surface area contributed by atoms with Crippen LogP contribution in [-0.2, 0) is 6.42 Å². The lowest BCUT2D eigenvalue weighted by Crippen LogP contribution is -2.19. The molecule has 1 aliphatic carbocycles. The molecular formula is C17H17N5O2. The lowest BCUT2D eigenvalue weighted by atomic mass is 9.96. The first kappa shape index (κ1) is 14.6. The Kier molecular flexibility index (Phi) is 3.41. The van der Waals surface area contributed by atoms with Crippen molar-refractivity contribution in [2.24, 2.45) is 5.41 Å². The van der Waals surface area contributed by atoms with Gasteiger partial charge in [0.05, 0.1) is 0 Å². The van der Waals surface area contributed by atoms with Gasteiger partial charge in [-0.25, -0.2) is 4.98 Å². The van der Waals surface area contributed by atoms with Crippen molar-refractivity contribution < 1.29 is 4.92 Å². The molecule has 0 atom stereocenters. The van der Waals surface area contributed by atoms with E-state index in [1.54, 1.807) is 6.07 Å². The van der Waals surface area contributed by atoms with Gasteiger partial charge in [0.2, 0.25) is 5.65 Å². The van der Waals surface area contributed by atoms with E-state index in [-0.39, 0.29) is 11.2 Å². The fourth-order valence-electron chi connectivity index (χ4n) is 2.98. The summed E-state index contributed by atoms with van der Waals surface area (Å²) in [6.07, 6.45) is 4.63. The lowest BCUT2D eigenvalue weighted by Gasteiger charge is -2.16. The lowest BCUT2D eigenvalue weighted by molar-refractivity contribution is -0.391. The fourth-order valence-corrected chi connectivity index (χ4v) is 2.98. The number of hydrogen-bond acceptors (Lipinski definition) is 5. The summed E-state index contributed by atoms with van der Waals surface area (Å²) in [7, 11) is 0. The molecule has 2 heterocycles. The number of fused-ring (bicyclic) bond motifs is 1. The number of hydrogen-bond donors (Lipinski definition) is 1. The van der Waals surface area contributed by atoms with Gasteiger partial charge in [-0.05, 0) is 41.2 Å². The maximum absolute atomic E-state index is 11.0. The van der Waals surface area contributed by atoms with Crippen LogP contribution in [0.3, 0.4) is 0 Å². The smallest absolute Gasteiger partial charge is 0.366 e. The first-order valence-electron chi connectivity index (χ1n) is 7.92. The second-order valence-corrected chi connectivity index (χ2v) is 6.38. The van der Waals surface area contributed by atoms with Crippen LogP contribution in [0.4, 0.5) is 11.6 Å². The molecule has 0 radical (unpaired) electrons. The minimum absolute atomic E-state index is 0.126. The van der Waals surface area contributed by atoms with Gasteiger partial charge >= 0.3 is 5.82 Å². The molecule has 3 aromatic rings. The van der Waals surface area contributed by atoms with Crippen LogP contribution in [0.25, 0.3) is 5.65 Å². The maximum Gasteiger partial charge on any atom is 0.368 e. The summed E-state index contributed by atoms with van der Waals surface area (Å²) in [5.74, 6) is 0.502. The number of anilines is 1. The molecule has 1 aromatic carbocycles. The third kappa shape index (κ3) is 2.80. The number of rotatable bonds is 6. The van der Waals surface area contributed by atoms with E-state index in [4.69, 9.17) is 0 Å². The Labute approximate surface area is 138 Å². The summed E-state index contributed by atoms with van der Waals surface area (Å²) >= 11 is 0. The highest BCUT2D eigenvalue weighted by atomic mass is 16.6. The van der Waals surface area contributed by atoms with Crippen molar-refractivity contribution >= 4 is 17.3 Å². The molecule has 0 aliphatic heterocycles. The Morgan fingerprint density at radius 2 is 2.00 bits per heavy atom. The van der Waals surface area contributed by atoms with Crippen molar-refractivity contribution in [1.82, 2.24) is 14.6 Å². The van der Waals surface area contributed by atoms with Gasteiger partial charge in [-0.2, -0.15) is 0 Å². The predicted molar refractivity (Wildman–Crippen MR) is 89.9 cm³/mol. The van der Waals surface area contributed by atoms with Gasteiger partial charge in [0.15, 0.2) is 5.82 Å². The van der Waals surface area contributed by atoms with Crippen LogP contribution in [0.5, 0.6) is 0 Å². The monoisotopic (exact) mass is 323 g/mol. The average molecular weight is 323 g/mol. The quantitative estimate of drug-likeness (QED) is 0.556. The highest BCUT2D eigenvalue weighted by molar-refractivity contribution is 5.48. The molecule has 0 bridgehead atoms. The van der Waals surface area contributed by atoms with Gasteiger partial charge in [-0.3, -0.25) is 0 Å². The fraction of sp³-hybridized carbons (Fsp3) is 0.294. The van der Waals surface area contributed by atoms with Gasteiger partial charge < -0.3 is 15.4 Å². The Balaban J connectivity index is 1.48. The molecule has 7 heteroatoms. The predicted octanol–water partition coefficient (Wildman–Crippen LogP) is 3.07. The second kappa shape index (κ2) is 5.59. The highest BCUT2D eigenvalue weighted by Crippen LogP contribution is 2.48. The molecule has 7 nitrogen and oxygen atoms in total. The van der Waals surface area contributed by atoms with Crippen molar-refractivity contribution in [3.8, 4) is 0 Å². The normalized spacial score (nSPS) is 15.3. The molecule has 0 amide bonds. The number of nitro groups is 1. The number of benzene rings is 1. The first-order chi connectivity index (χ1) is 11.7. The summed E-state index contributed by atoms with van der Waals surface area (Å²) in [5, 5.41) is 18.6. The number of nitrogens with zero attached hydrogens (tertiary/aromatic N) is 4. The zero-order valence-electron chi connectivity index (χ0n) is 13.1. The van der Waals surface area contributed by atoms with E-state index < -0.39 is 4.92 Å². The summed E-state index contributed by atoms with van der Waals surface area (Å²) in [6.45, 7) is 0.808. The second-order valence-electron chi connectivity index (χ2n) is 6.38. The summed E-state index contributed by atoms with van der Waals surface area (Å²) in [6, 6.07) is 14.0. The van der Waals surface area contributed by atoms with Gasteiger partial charge in [-0.15, -0.1) is 0 Å². The van der Waals surface area contributed by atoms with Crippen molar-refractivity contribution in [2.75, 3.05) is 11.9 Å². The van der Waals surface area contributed by atoms with E-state index in [0.29, 0.717) is 11.5 Å². The molecule has 0 unspecified atom stereocenters. The Morgan fingerprint density at radius 3 is 2.71 bits per heavy atom. The van der Waals surface area contributed by atoms with Crippen molar-refractivity contribution in [2.45, 2.75) is 19.3 Å². The molecule has 1 fully saturated rings. The molecule has 4 rings (SSSR count). The number of aromatic nitrogens is 3. The van der Waals surface area contributed by atoms with Gasteiger partial charge in [-0.1, -0.05) is 39.9 Å². The van der Waals surface area contributed by atoms with Gasteiger partial charge in [0, 0.05) is 12.6 Å².